The first-order chi connectivity index (χ1) is 28.2. The van der Waals surface area contributed by atoms with Gasteiger partial charge in [-0.25, -0.2) is 0 Å². The van der Waals surface area contributed by atoms with Crippen molar-refractivity contribution < 1.29 is 0 Å². The van der Waals surface area contributed by atoms with Crippen LogP contribution in [-0.4, -0.2) is 0 Å². The van der Waals surface area contributed by atoms with Gasteiger partial charge in [0.1, 0.15) is 0 Å². The van der Waals surface area contributed by atoms with Gasteiger partial charge in [-0.1, -0.05) is 200 Å². The number of benzene rings is 9. The molecule has 0 bridgehead atoms. The smallest absolute Gasteiger partial charge is 0.0540 e. The molecule has 270 valence electrons. The van der Waals surface area contributed by atoms with Crippen molar-refractivity contribution >= 4 is 17.1 Å². The van der Waals surface area contributed by atoms with Crippen LogP contribution in [-0.2, 0) is 5.41 Å². The van der Waals surface area contributed by atoms with E-state index in [1.165, 1.54) is 66.8 Å². The fourth-order valence-corrected chi connectivity index (χ4v) is 9.03. The molecule has 1 nitrogen and oxygen atoms in total. The minimum Gasteiger partial charge on any atom is -0.310 e. The summed E-state index contributed by atoms with van der Waals surface area (Å²) in [5, 5.41) is 0. The summed E-state index contributed by atoms with van der Waals surface area (Å²) in [5.74, 6) is 0. The van der Waals surface area contributed by atoms with E-state index in [9.17, 15) is 0 Å². The number of anilines is 3. The second-order valence-electron chi connectivity index (χ2n) is 15.0. The third-order valence-electron chi connectivity index (χ3n) is 11.8. The molecule has 1 heteroatoms. The Bertz CT molecular complexity index is 2860. The molecule has 0 saturated heterocycles. The van der Waals surface area contributed by atoms with Crippen LogP contribution < -0.4 is 4.90 Å². The number of hydrogen-bond donors (Lipinski definition) is 0. The van der Waals surface area contributed by atoms with Crippen LogP contribution in [0.15, 0.2) is 231 Å². The van der Waals surface area contributed by atoms with Crippen molar-refractivity contribution in [2.75, 3.05) is 4.90 Å². The number of para-hydroxylation sites is 1. The highest BCUT2D eigenvalue weighted by Gasteiger charge is 2.41. The molecule has 10 rings (SSSR count). The average molecular weight is 728 g/mol. The van der Waals surface area contributed by atoms with E-state index in [2.05, 4.69) is 242 Å². The topological polar surface area (TPSA) is 3.24 Å². The van der Waals surface area contributed by atoms with Gasteiger partial charge in [0, 0.05) is 22.4 Å². The van der Waals surface area contributed by atoms with Crippen molar-refractivity contribution in [1.29, 1.82) is 0 Å². The molecule has 0 aliphatic heterocycles. The fraction of sp³-hybridized carbons (Fsp3) is 0.0357. The molecule has 1 unspecified atom stereocenters. The lowest BCUT2D eigenvalue weighted by molar-refractivity contribution is 0.714. The second kappa shape index (κ2) is 14.5. The minimum atomic E-state index is -0.271. The van der Waals surface area contributed by atoms with E-state index in [1.807, 2.05) is 0 Å². The Balaban J connectivity index is 1.20. The van der Waals surface area contributed by atoms with Crippen LogP contribution in [0.2, 0.25) is 0 Å². The molecule has 0 N–H and O–H groups in total. The van der Waals surface area contributed by atoms with Crippen molar-refractivity contribution in [1.82, 2.24) is 0 Å². The highest BCUT2D eigenvalue weighted by atomic mass is 15.1. The maximum absolute atomic E-state index is 2.46. The SMILES string of the molecule is CC1(c2ccccc2)c2ccccc2-c2cc(N(c3cccc(-c4ccccc4)c3)c3ccccc3-c3ccccc3-c3ccccc3-c3ccccc3)ccc21. The zero-order valence-electron chi connectivity index (χ0n) is 31.9. The Morgan fingerprint density at radius 3 is 1.47 bits per heavy atom. The molecular formula is C56H41N. The van der Waals surface area contributed by atoms with Gasteiger partial charge in [0.05, 0.1) is 5.69 Å². The van der Waals surface area contributed by atoms with E-state index >= 15 is 0 Å². The normalized spacial score (nSPS) is 14.1. The zero-order chi connectivity index (χ0) is 38.2. The molecule has 9 aromatic rings. The predicted octanol–water partition coefficient (Wildman–Crippen LogP) is 15.2. The summed E-state index contributed by atoms with van der Waals surface area (Å²) in [7, 11) is 0. The molecule has 0 radical (unpaired) electrons. The highest BCUT2D eigenvalue weighted by molar-refractivity contribution is 5.98. The molecular weight excluding hydrogens is 687 g/mol. The summed E-state index contributed by atoms with van der Waals surface area (Å²) >= 11 is 0. The summed E-state index contributed by atoms with van der Waals surface area (Å²) in [5.41, 5.74) is 19.1. The predicted molar refractivity (Wildman–Crippen MR) is 240 cm³/mol. The van der Waals surface area contributed by atoms with Crippen LogP contribution in [0.3, 0.4) is 0 Å². The summed E-state index contributed by atoms with van der Waals surface area (Å²) in [6.07, 6.45) is 0. The van der Waals surface area contributed by atoms with Gasteiger partial charge in [-0.2, -0.15) is 0 Å². The second-order valence-corrected chi connectivity index (χ2v) is 15.0. The lowest BCUT2D eigenvalue weighted by atomic mass is 9.74. The van der Waals surface area contributed by atoms with Gasteiger partial charge in [-0.3, -0.25) is 0 Å². The van der Waals surface area contributed by atoms with Crippen molar-refractivity contribution in [2.24, 2.45) is 0 Å². The summed E-state index contributed by atoms with van der Waals surface area (Å²) in [4.78, 5) is 2.46. The molecule has 0 amide bonds. The summed E-state index contributed by atoms with van der Waals surface area (Å²) < 4.78 is 0. The van der Waals surface area contributed by atoms with Gasteiger partial charge in [-0.05, 0) is 104 Å². The number of nitrogens with zero attached hydrogens (tertiary/aromatic N) is 1. The Morgan fingerprint density at radius 1 is 0.298 bits per heavy atom. The molecule has 1 aliphatic rings. The van der Waals surface area contributed by atoms with Gasteiger partial charge in [0.2, 0.25) is 0 Å². The van der Waals surface area contributed by atoms with Crippen LogP contribution in [0.5, 0.6) is 0 Å². The third-order valence-corrected chi connectivity index (χ3v) is 11.8. The van der Waals surface area contributed by atoms with E-state index in [1.54, 1.807) is 0 Å². The number of rotatable bonds is 8. The van der Waals surface area contributed by atoms with Crippen LogP contribution in [0.25, 0.3) is 55.6 Å². The zero-order valence-corrected chi connectivity index (χ0v) is 31.9. The quantitative estimate of drug-likeness (QED) is 0.151. The Kier molecular flexibility index (Phi) is 8.69. The van der Waals surface area contributed by atoms with Gasteiger partial charge in [0.15, 0.2) is 0 Å². The van der Waals surface area contributed by atoms with E-state index in [0.29, 0.717) is 0 Å². The van der Waals surface area contributed by atoms with Crippen LogP contribution in [0.1, 0.15) is 23.6 Å². The van der Waals surface area contributed by atoms with Crippen LogP contribution in [0, 0.1) is 0 Å². The number of hydrogen-bond acceptors (Lipinski definition) is 1. The summed E-state index contributed by atoms with van der Waals surface area (Å²) in [6, 6.07) is 83.9. The van der Waals surface area contributed by atoms with Crippen molar-refractivity contribution in [2.45, 2.75) is 12.3 Å². The van der Waals surface area contributed by atoms with Crippen molar-refractivity contribution in [3.8, 4) is 55.6 Å². The van der Waals surface area contributed by atoms with Crippen LogP contribution >= 0.6 is 0 Å². The lowest BCUT2D eigenvalue weighted by Gasteiger charge is -2.31. The molecule has 1 aliphatic carbocycles. The largest absolute Gasteiger partial charge is 0.310 e. The minimum absolute atomic E-state index is 0.271. The Hall–Kier alpha value is -7.22. The molecule has 1 atom stereocenters. The average Bonchev–Trinajstić information content (AvgIpc) is 3.55. The molecule has 0 fully saturated rings. The monoisotopic (exact) mass is 727 g/mol. The first-order valence-corrected chi connectivity index (χ1v) is 19.8. The molecule has 57 heavy (non-hydrogen) atoms. The Morgan fingerprint density at radius 2 is 0.772 bits per heavy atom. The molecule has 0 aromatic heterocycles. The number of fused-ring (bicyclic) bond motifs is 3. The van der Waals surface area contributed by atoms with Crippen molar-refractivity contribution in [3.63, 3.8) is 0 Å². The van der Waals surface area contributed by atoms with E-state index in [4.69, 9.17) is 0 Å². The summed E-state index contributed by atoms with van der Waals surface area (Å²) in [6.45, 7) is 2.38. The standard InChI is InChI=1S/C56H41N/c1-56(43-25-9-4-10-26-43)53-34-17-15-32-50(53)52-39-45(36-37-54(52)56)57(44-27-19-24-42(38-44)40-20-5-2-6-21-40)55-35-18-16-33-51(55)49-31-14-13-30-48(49)47-29-12-11-28-46(47)41-22-7-3-8-23-41/h2-39H,1H3. The van der Waals surface area contributed by atoms with Gasteiger partial charge >= 0.3 is 0 Å². The lowest BCUT2D eigenvalue weighted by Crippen LogP contribution is -2.22. The molecule has 9 aromatic carbocycles. The molecule has 0 saturated carbocycles. The maximum Gasteiger partial charge on any atom is 0.0540 e. The third kappa shape index (κ3) is 5.96. The first-order valence-electron chi connectivity index (χ1n) is 19.8. The van der Waals surface area contributed by atoms with E-state index < -0.39 is 0 Å². The highest BCUT2D eigenvalue weighted by Crippen LogP contribution is 2.54. The fourth-order valence-electron chi connectivity index (χ4n) is 9.03. The maximum atomic E-state index is 2.46. The van der Waals surface area contributed by atoms with Gasteiger partial charge in [-0.15, -0.1) is 0 Å². The Labute approximate surface area is 335 Å². The van der Waals surface area contributed by atoms with Crippen molar-refractivity contribution in [3.05, 3.63) is 247 Å². The first kappa shape index (κ1) is 34.3. The van der Waals surface area contributed by atoms with E-state index in [0.717, 1.165) is 22.6 Å². The van der Waals surface area contributed by atoms with Gasteiger partial charge in [0.25, 0.3) is 0 Å². The molecule has 0 heterocycles. The van der Waals surface area contributed by atoms with E-state index in [-0.39, 0.29) is 5.41 Å². The molecule has 0 spiro atoms. The van der Waals surface area contributed by atoms with Gasteiger partial charge < -0.3 is 4.90 Å². The van der Waals surface area contributed by atoms with Crippen LogP contribution in [0.4, 0.5) is 17.1 Å².